The summed E-state index contributed by atoms with van der Waals surface area (Å²) in [6, 6.07) is 2.17. The molecule has 0 amide bonds. The molecule has 0 aromatic carbocycles. The molecular weight excluding hydrogens is 122 g/mol. The van der Waals surface area contributed by atoms with Gasteiger partial charge in [-0.1, -0.05) is 33.8 Å². The first kappa shape index (κ1) is 9.23. The lowest BCUT2D eigenvalue weighted by molar-refractivity contribution is 0.540. The van der Waals surface area contributed by atoms with E-state index in [1.54, 1.807) is 0 Å². The molecule has 0 rings (SSSR count). The molecule has 0 bridgehead atoms. The fraction of sp³-hybridized carbons (Fsp3) is 0.667. The minimum absolute atomic E-state index is 0.140. The second-order valence-electron chi connectivity index (χ2n) is 3.50. The molecule has 0 aliphatic rings. The number of hydrogen-bond donors (Lipinski definition) is 0. The van der Waals surface area contributed by atoms with Crippen LogP contribution >= 0.6 is 0 Å². The first-order chi connectivity index (χ1) is 4.49. The van der Waals surface area contributed by atoms with Crippen LogP contribution in [-0.2, 0) is 0 Å². The van der Waals surface area contributed by atoms with Gasteiger partial charge < -0.3 is 0 Å². The van der Waals surface area contributed by atoms with Crippen molar-refractivity contribution in [2.45, 2.75) is 34.1 Å². The van der Waals surface area contributed by atoms with Gasteiger partial charge in [-0.05, 0) is 11.8 Å². The van der Waals surface area contributed by atoms with E-state index in [-0.39, 0.29) is 5.41 Å². The van der Waals surface area contributed by atoms with E-state index < -0.39 is 0 Å². The van der Waals surface area contributed by atoms with E-state index in [2.05, 4.69) is 26.8 Å². The third-order valence-corrected chi connectivity index (χ3v) is 1.13. The van der Waals surface area contributed by atoms with Gasteiger partial charge in [-0.15, -0.1) is 0 Å². The Kier molecular flexibility index (Phi) is 3.15. The molecule has 56 valence electrons. The first-order valence-corrected chi connectivity index (χ1v) is 3.61. The molecule has 1 nitrogen and oxygen atoms in total. The summed E-state index contributed by atoms with van der Waals surface area (Å²) in [5.74, 6) is 0. The molecule has 0 spiro atoms. The predicted octanol–water partition coefficient (Wildman–Crippen LogP) is 2.89. The largest absolute Gasteiger partial charge is 0.193 e. The maximum absolute atomic E-state index is 8.57. The highest BCUT2D eigenvalue weighted by molar-refractivity contribution is 5.21. The molecular formula is C9H15N. The molecule has 0 aromatic rings. The Bertz CT molecular complexity index is 164. The summed E-state index contributed by atoms with van der Waals surface area (Å²) in [4.78, 5) is 0. The molecule has 0 radical (unpaired) electrons. The van der Waals surface area contributed by atoms with E-state index in [1.165, 1.54) is 0 Å². The minimum atomic E-state index is 0.140. The van der Waals surface area contributed by atoms with Crippen LogP contribution in [0.5, 0.6) is 0 Å². The van der Waals surface area contributed by atoms with E-state index in [4.69, 9.17) is 5.26 Å². The number of hydrogen-bond acceptors (Lipinski definition) is 1. The van der Waals surface area contributed by atoms with Crippen molar-refractivity contribution in [2.24, 2.45) is 5.41 Å². The monoisotopic (exact) mass is 137 g/mol. The summed E-state index contributed by atoms with van der Waals surface area (Å²) < 4.78 is 0. The van der Waals surface area contributed by atoms with Gasteiger partial charge >= 0.3 is 0 Å². The Hall–Kier alpha value is -0.770. The van der Waals surface area contributed by atoms with Crippen molar-refractivity contribution in [1.82, 2.24) is 0 Å². The summed E-state index contributed by atoms with van der Waals surface area (Å²) >= 11 is 0. The predicted molar refractivity (Wildman–Crippen MR) is 43.4 cm³/mol. The number of allylic oxidation sites excluding steroid dienone is 2. The Labute approximate surface area is 63.4 Å². The zero-order chi connectivity index (χ0) is 8.20. The molecule has 0 fully saturated rings. The van der Waals surface area contributed by atoms with Crippen LogP contribution in [-0.4, -0.2) is 0 Å². The van der Waals surface area contributed by atoms with Crippen LogP contribution in [0.1, 0.15) is 34.1 Å². The molecule has 1 heteroatoms. The lowest BCUT2D eigenvalue weighted by Gasteiger charge is -2.11. The molecule has 0 saturated heterocycles. The van der Waals surface area contributed by atoms with Crippen LogP contribution < -0.4 is 0 Å². The second-order valence-corrected chi connectivity index (χ2v) is 3.50. The number of nitriles is 1. The molecule has 0 aliphatic carbocycles. The standard InChI is InChI=1S/C9H15N/c1-5-8(7-10)6-9(2,3)4/h6H,5H2,1-4H3/b8-6-. The summed E-state index contributed by atoms with van der Waals surface area (Å²) in [6.45, 7) is 8.29. The second kappa shape index (κ2) is 3.41. The van der Waals surface area contributed by atoms with Crippen LogP contribution in [0.3, 0.4) is 0 Å². The topological polar surface area (TPSA) is 23.8 Å². The maximum atomic E-state index is 8.57. The van der Waals surface area contributed by atoms with Crippen LogP contribution in [0.2, 0.25) is 0 Å². The first-order valence-electron chi connectivity index (χ1n) is 3.61. The minimum Gasteiger partial charge on any atom is -0.193 e. The fourth-order valence-corrected chi connectivity index (χ4v) is 0.736. The van der Waals surface area contributed by atoms with Gasteiger partial charge in [0, 0.05) is 5.57 Å². The van der Waals surface area contributed by atoms with Gasteiger partial charge in [0.1, 0.15) is 0 Å². The Morgan fingerprint density at radius 2 is 2.00 bits per heavy atom. The molecule has 10 heavy (non-hydrogen) atoms. The SMILES string of the molecule is CC/C(C#N)=C/C(C)(C)C. The van der Waals surface area contributed by atoms with Crippen molar-refractivity contribution in [1.29, 1.82) is 5.26 Å². The van der Waals surface area contributed by atoms with Gasteiger partial charge in [-0.3, -0.25) is 0 Å². The normalized spacial score (nSPS) is 12.9. The van der Waals surface area contributed by atoms with Crippen molar-refractivity contribution in [3.8, 4) is 6.07 Å². The smallest absolute Gasteiger partial charge is 0.0943 e. The molecule has 0 unspecified atom stereocenters. The van der Waals surface area contributed by atoms with Gasteiger partial charge in [0.25, 0.3) is 0 Å². The summed E-state index contributed by atoms with van der Waals surface area (Å²) in [5.41, 5.74) is 1.02. The van der Waals surface area contributed by atoms with E-state index in [1.807, 2.05) is 13.0 Å². The van der Waals surface area contributed by atoms with E-state index in [9.17, 15) is 0 Å². The number of nitrogens with zero attached hydrogens (tertiary/aromatic N) is 1. The van der Waals surface area contributed by atoms with Crippen molar-refractivity contribution < 1.29 is 0 Å². The van der Waals surface area contributed by atoms with Gasteiger partial charge in [0.15, 0.2) is 0 Å². The van der Waals surface area contributed by atoms with Crippen molar-refractivity contribution in [3.63, 3.8) is 0 Å². The third kappa shape index (κ3) is 4.14. The highest BCUT2D eigenvalue weighted by atomic mass is 14.2. The van der Waals surface area contributed by atoms with E-state index in [0.717, 1.165) is 12.0 Å². The zero-order valence-corrected chi connectivity index (χ0v) is 7.23. The lowest BCUT2D eigenvalue weighted by atomic mass is 9.93. The third-order valence-electron chi connectivity index (χ3n) is 1.13. The molecule has 0 aromatic heterocycles. The lowest BCUT2D eigenvalue weighted by Crippen LogP contribution is -2.00. The van der Waals surface area contributed by atoms with E-state index >= 15 is 0 Å². The van der Waals surface area contributed by atoms with Gasteiger partial charge in [0.05, 0.1) is 6.07 Å². The van der Waals surface area contributed by atoms with E-state index in [0.29, 0.717) is 0 Å². The Morgan fingerprint density at radius 3 is 2.10 bits per heavy atom. The van der Waals surface area contributed by atoms with Gasteiger partial charge in [-0.25, -0.2) is 0 Å². The summed E-state index contributed by atoms with van der Waals surface area (Å²) in [7, 11) is 0. The van der Waals surface area contributed by atoms with Crippen LogP contribution in [0, 0.1) is 16.7 Å². The Balaban J connectivity index is 4.29. The average molecular weight is 137 g/mol. The summed E-state index contributed by atoms with van der Waals surface area (Å²) in [5, 5.41) is 8.57. The van der Waals surface area contributed by atoms with Crippen LogP contribution in [0.25, 0.3) is 0 Å². The average Bonchev–Trinajstić information content (AvgIpc) is 1.81. The highest BCUT2D eigenvalue weighted by Gasteiger charge is 2.06. The molecule has 0 aliphatic heterocycles. The molecule has 0 atom stereocenters. The van der Waals surface area contributed by atoms with Crippen molar-refractivity contribution in [3.05, 3.63) is 11.6 Å². The Morgan fingerprint density at radius 1 is 1.50 bits per heavy atom. The van der Waals surface area contributed by atoms with Gasteiger partial charge in [0.2, 0.25) is 0 Å². The summed E-state index contributed by atoms with van der Waals surface area (Å²) in [6.07, 6.45) is 2.86. The van der Waals surface area contributed by atoms with Crippen LogP contribution in [0.4, 0.5) is 0 Å². The molecule has 0 saturated carbocycles. The maximum Gasteiger partial charge on any atom is 0.0943 e. The van der Waals surface area contributed by atoms with Crippen molar-refractivity contribution in [2.75, 3.05) is 0 Å². The zero-order valence-electron chi connectivity index (χ0n) is 7.23. The molecule has 0 heterocycles. The molecule has 0 N–H and O–H groups in total. The fourth-order valence-electron chi connectivity index (χ4n) is 0.736. The quantitative estimate of drug-likeness (QED) is 0.510. The van der Waals surface area contributed by atoms with Gasteiger partial charge in [-0.2, -0.15) is 5.26 Å². The van der Waals surface area contributed by atoms with Crippen LogP contribution in [0.15, 0.2) is 11.6 Å². The highest BCUT2D eigenvalue weighted by Crippen LogP contribution is 2.18. The number of rotatable bonds is 1. The van der Waals surface area contributed by atoms with Crippen molar-refractivity contribution >= 4 is 0 Å².